The standard InChI is InChI=1S/C13H24N2O/c1-3-11-7-5-9-15(11)13(16)12-10(2)6-4-8-14-12/h10-12,14H,3-9H2,1-2H3. The summed E-state index contributed by atoms with van der Waals surface area (Å²) in [5, 5.41) is 3.40. The Kier molecular flexibility index (Phi) is 3.85. The number of nitrogens with zero attached hydrogens (tertiary/aromatic N) is 1. The molecule has 2 aliphatic rings. The molecule has 0 aromatic rings. The van der Waals surface area contributed by atoms with Gasteiger partial charge in [0.15, 0.2) is 0 Å². The molecule has 0 radical (unpaired) electrons. The summed E-state index contributed by atoms with van der Waals surface area (Å²) in [4.78, 5) is 14.6. The summed E-state index contributed by atoms with van der Waals surface area (Å²) < 4.78 is 0. The minimum Gasteiger partial charge on any atom is -0.338 e. The quantitative estimate of drug-likeness (QED) is 0.775. The highest BCUT2D eigenvalue weighted by Crippen LogP contribution is 2.24. The number of nitrogens with one attached hydrogen (secondary N) is 1. The Balaban J connectivity index is 2.00. The Labute approximate surface area is 98.6 Å². The van der Waals surface area contributed by atoms with E-state index in [9.17, 15) is 4.79 Å². The van der Waals surface area contributed by atoms with Gasteiger partial charge in [0.1, 0.15) is 0 Å². The molecule has 0 saturated carbocycles. The Hall–Kier alpha value is -0.570. The number of carbonyl (C=O) groups excluding carboxylic acids is 1. The van der Waals surface area contributed by atoms with E-state index in [4.69, 9.17) is 0 Å². The topological polar surface area (TPSA) is 32.3 Å². The predicted octanol–water partition coefficient (Wildman–Crippen LogP) is 1.78. The van der Waals surface area contributed by atoms with Gasteiger partial charge in [-0.1, -0.05) is 13.8 Å². The van der Waals surface area contributed by atoms with Crippen molar-refractivity contribution >= 4 is 5.91 Å². The highest BCUT2D eigenvalue weighted by molar-refractivity contribution is 5.82. The monoisotopic (exact) mass is 224 g/mol. The summed E-state index contributed by atoms with van der Waals surface area (Å²) in [7, 11) is 0. The molecule has 0 aromatic heterocycles. The van der Waals surface area contributed by atoms with Crippen molar-refractivity contribution in [1.29, 1.82) is 0 Å². The first-order valence-corrected chi connectivity index (χ1v) is 6.78. The normalized spacial score (nSPS) is 35.4. The van der Waals surface area contributed by atoms with Crippen molar-refractivity contribution in [3.8, 4) is 0 Å². The molecule has 2 rings (SSSR count). The lowest BCUT2D eigenvalue weighted by Gasteiger charge is -2.34. The average molecular weight is 224 g/mol. The van der Waals surface area contributed by atoms with E-state index in [1.54, 1.807) is 0 Å². The second-order valence-electron chi connectivity index (χ2n) is 5.29. The van der Waals surface area contributed by atoms with E-state index in [-0.39, 0.29) is 6.04 Å². The molecule has 3 unspecified atom stereocenters. The molecule has 0 bridgehead atoms. The number of rotatable bonds is 2. The minimum absolute atomic E-state index is 0.0842. The van der Waals surface area contributed by atoms with Crippen molar-refractivity contribution in [2.24, 2.45) is 5.92 Å². The zero-order valence-electron chi connectivity index (χ0n) is 10.5. The zero-order chi connectivity index (χ0) is 11.5. The molecule has 3 nitrogen and oxygen atoms in total. The van der Waals surface area contributed by atoms with Crippen molar-refractivity contribution in [2.75, 3.05) is 13.1 Å². The lowest BCUT2D eigenvalue weighted by atomic mass is 9.91. The summed E-state index contributed by atoms with van der Waals surface area (Å²) in [6, 6.07) is 0.587. The third-order valence-corrected chi connectivity index (χ3v) is 4.17. The van der Waals surface area contributed by atoms with Crippen LogP contribution in [0.4, 0.5) is 0 Å². The largest absolute Gasteiger partial charge is 0.338 e. The fourth-order valence-corrected chi connectivity index (χ4v) is 3.11. The first-order chi connectivity index (χ1) is 7.74. The third-order valence-electron chi connectivity index (χ3n) is 4.17. The van der Waals surface area contributed by atoms with Crippen LogP contribution in [0.1, 0.15) is 46.0 Å². The number of hydrogen-bond donors (Lipinski definition) is 1. The van der Waals surface area contributed by atoms with Crippen LogP contribution in [-0.4, -0.2) is 36.0 Å². The molecule has 2 saturated heterocycles. The second-order valence-corrected chi connectivity index (χ2v) is 5.29. The smallest absolute Gasteiger partial charge is 0.240 e. The van der Waals surface area contributed by atoms with Crippen LogP contribution >= 0.6 is 0 Å². The lowest BCUT2D eigenvalue weighted by Crippen LogP contribution is -2.53. The molecule has 0 spiro atoms. The van der Waals surface area contributed by atoms with Gasteiger partial charge in [-0.3, -0.25) is 4.79 Å². The van der Waals surface area contributed by atoms with Crippen molar-refractivity contribution in [3.05, 3.63) is 0 Å². The van der Waals surface area contributed by atoms with Gasteiger partial charge in [0.2, 0.25) is 5.91 Å². The number of piperidine rings is 1. The molecule has 1 N–H and O–H groups in total. The Bertz CT molecular complexity index is 250. The SMILES string of the molecule is CCC1CCCN1C(=O)C1NCCCC1C. The molecule has 2 fully saturated rings. The number of carbonyl (C=O) groups is 1. The van der Waals surface area contributed by atoms with Crippen LogP contribution in [0, 0.1) is 5.92 Å². The lowest BCUT2D eigenvalue weighted by molar-refractivity contribution is -0.136. The van der Waals surface area contributed by atoms with E-state index in [0.29, 0.717) is 17.9 Å². The zero-order valence-corrected chi connectivity index (χ0v) is 10.5. The van der Waals surface area contributed by atoms with E-state index in [2.05, 4.69) is 24.1 Å². The number of likely N-dealkylation sites (tertiary alicyclic amines) is 1. The highest BCUT2D eigenvalue weighted by atomic mass is 16.2. The molecule has 3 atom stereocenters. The Morgan fingerprint density at radius 1 is 1.38 bits per heavy atom. The van der Waals surface area contributed by atoms with Crippen LogP contribution in [0.15, 0.2) is 0 Å². The molecule has 0 aliphatic carbocycles. The molecule has 92 valence electrons. The molecular weight excluding hydrogens is 200 g/mol. The van der Waals surface area contributed by atoms with Gasteiger partial charge in [-0.05, 0) is 44.6 Å². The van der Waals surface area contributed by atoms with E-state index >= 15 is 0 Å². The second kappa shape index (κ2) is 5.17. The van der Waals surface area contributed by atoms with Crippen LogP contribution in [0.25, 0.3) is 0 Å². The van der Waals surface area contributed by atoms with Crippen molar-refractivity contribution in [1.82, 2.24) is 10.2 Å². The van der Waals surface area contributed by atoms with Gasteiger partial charge in [-0.2, -0.15) is 0 Å². The molecule has 2 aliphatic heterocycles. The maximum Gasteiger partial charge on any atom is 0.240 e. The number of amides is 1. The molecule has 0 aromatic carbocycles. The van der Waals surface area contributed by atoms with Crippen LogP contribution in [0.3, 0.4) is 0 Å². The Morgan fingerprint density at radius 3 is 2.88 bits per heavy atom. The van der Waals surface area contributed by atoms with Crippen molar-refractivity contribution < 1.29 is 4.79 Å². The van der Waals surface area contributed by atoms with Gasteiger partial charge in [0, 0.05) is 12.6 Å². The van der Waals surface area contributed by atoms with E-state index in [1.807, 2.05) is 0 Å². The third kappa shape index (κ3) is 2.24. The van der Waals surface area contributed by atoms with E-state index in [1.165, 1.54) is 25.7 Å². The van der Waals surface area contributed by atoms with Gasteiger partial charge < -0.3 is 10.2 Å². The van der Waals surface area contributed by atoms with Gasteiger partial charge in [0.25, 0.3) is 0 Å². The van der Waals surface area contributed by atoms with Crippen molar-refractivity contribution in [2.45, 2.75) is 58.0 Å². The molecule has 2 heterocycles. The maximum atomic E-state index is 12.4. The van der Waals surface area contributed by atoms with Crippen LogP contribution < -0.4 is 5.32 Å². The first-order valence-electron chi connectivity index (χ1n) is 6.78. The number of hydrogen-bond acceptors (Lipinski definition) is 2. The van der Waals surface area contributed by atoms with Crippen LogP contribution in [0.5, 0.6) is 0 Å². The molecule has 1 amide bonds. The summed E-state index contributed by atoms with van der Waals surface area (Å²) >= 11 is 0. The minimum atomic E-state index is 0.0842. The summed E-state index contributed by atoms with van der Waals surface area (Å²) in [6.45, 7) is 6.37. The van der Waals surface area contributed by atoms with Crippen molar-refractivity contribution in [3.63, 3.8) is 0 Å². The van der Waals surface area contributed by atoms with E-state index < -0.39 is 0 Å². The van der Waals surface area contributed by atoms with Gasteiger partial charge in [-0.25, -0.2) is 0 Å². The fourth-order valence-electron chi connectivity index (χ4n) is 3.11. The summed E-state index contributed by atoms with van der Waals surface area (Å²) in [5.41, 5.74) is 0. The molecular formula is C13H24N2O. The summed E-state index contributed by atoms with van der Waals surface area (Å²) in [6.07, 6.45) is 5.89. The fraction of sp³-hybridized carbons (Fsp3) is 0.923. The van der Waals surface area contributed by atoms with Gasteiger partial charge in [0.05, 0.1) is 6.04 Å². The van der Waals surface area contributed by atoms with Crippen LogP contribution in [0.2, 0.25) is 0 Å². The van der Waals surface area contributed by atoms with Crippen LogP contribution in [-0.2, 0) is 4.79 Å². The van der Waals surface area contributed by atoms with Gasteiger partial charge >= 0.3 is 0 Å². The van der Waals surface area contributed by atoms with Gasteiger partial charge in [-0.15, -0.1) is 0 Å². The molecule has 3 heteroatoms. The Morgan fingerprint density at radius 2 is 2.19 bits per heavy atom. The molecule has 16 heavy (non-hydrogen) atoms. The average Bonchev–Trinajstić information content (AvgIpc) is 2.77. The predicted molar refractivity (Wildman–Crippen MR) is 65.2 cm³/mol. The van der Waals surface area contributed by atoms with E-state index in [0.717, 1.165) is 19.5 Å². The highest BCUT2D eigenvalue weighted by Gasteiger charge is 2.35. The summed E-state index contributed by atoms with van der Waals surface area (Å²) in [5.74, 6) is 0.857. The first kappa shape index (κ1) is 11.9. The maximum absolute atomic E-state index is 12.4.